The number of benzene rings is 3. The normalized spacial score (nSPS) is 10.8. The van der Waals surface area contributed by atoms with Crippen molar-refractivity contribution in [3.63, 3.8) is 0 Å². The number of carbonyl (C=O) groups excluding carboxylic acids is 1. The van der Waals surface area contributed by atoms with Crippen LogP contribution in [0.4, 0.5) is 5.69 Å². The fraction of sp³-hybridized carbons (Fsp3) is 0.0909. The molecule has 4 aromatic rings. The molecule has 0 spiro atoms. The number of hydrogen-bond acceptors (Lipinski definition) is 4. The standard InChI is InChI=1S/C22H17IN2O3/c1-14-5-8-18(9-6-14)27-13-21(26)24-17-7-10-20-19(12-17)25-22(28-20)15-3-2-4-16(23)11-15/h2-12H,13H2,1H3,(H,24,26). The molecular formula is C22H17IN2O3. The number of aromatic nitrogens is 1. The van der Waals surface area contributed by atoms with Crippen LogP contribution in [0.3, 0.4) is 0 Å². The largest absolute Gasteiger partial charge is 0.484 e. The zero-order valence-corrected chi connectivity index (χ0v) is 17.3. The molecule has 28 heavy (non-hydrogen) atoms. The van der Waals surface area contributed by atoms with E-state index in [-0.39, 0.29) is 12.5 Å². The highest BCUT2D eigenvalue weighted by molar-refractivity contribution is 14.1. The number of amides is 1. The van der Waals surface area contributed by atoms with Gasteiger partial charge in [0.25, 0.3) is 5.91 Å². The third-order valence-corrected chi connectivity index (χ3v) is 4.80. The van der Waals surface area contributed by atoms with Gasteiger partial charge in [0, 0.05) is 14.8 Å². The van der Waals surface area contributed by atoms with Gasteiger partial charge in [0.05, 0.1) is 0 Å². The first-order valence-corrected chi connectivity index (χ1v) is 9.80. The highest BCUT2D eigenvalue weighted by Crippen LogP contribution is 2.27. The molecule has 140 valence electrons. The number of rotatable bonds is 5. The minimum atomic E-state index is -0.235. The number of nitrogens with zero attached hydrogens (tertiary/aromatic N) is 1. The monoisotopic (exact) mass is 484 g/mol. The van der Waals surface area contributed by atoms with E-state index in [4.69, 9.17) is 9.15 Å². The molecule has 0 bridgehead atoms. The molecule has 0 aliphatic rings. The molecule has 0 unspecified atom stereocenters. The summed E-state index contributed by atoms with van der Waals surface area (Å²) < 4.78 is 12.5. The molecule has 6 heteroatoms. The van der Waals surface area contributed by atoms with E-state index in [0.717, 1.165) is 14.7 Å². The lowest BCUT2D eigenvalue weighted by Gasteiger charge is -2.07. The van der Waals surface area contributed by atoms with Gasteiger partial charge >= 0.3 is 0 Å². The molecule has 0 atom stereocenters. The van der Waals surface area contributed by atoms with Crippen LogP contribution in [0, 0.1) is 10.5 Å². The zero-order chi connectivity index (χ0) is 19.5. The van der Waals surface area contributed by atoms with Crippen LogP contribution in [0.2, 0.25) is 0 Å². The van der Waals surface area contributed by atoms with Crippen LogP contribution >= 0.6 is 22.6 Å². The van der Waals surface area contributed by atoms with Crippen LogP contribution < -0.4 is 10.1 Å². The van der Waals surface area contributed by atoms with Gasteiger partial charge in [-0.05, 0) is 78.0 Å². The maximum atomic E-state index is 12.2. The Hall–Kier alpha value is -2.87. The van der Waals surface area contributed by atoms with Crippen molar-refractivity contribution in [1.82, 2.24) is 4.98 Å². The zero-order valence-electron chi connectivity index (χ0n) is 15.1. The SMILES string of the molecule is Cc1ccc(OCC(=O)Nc2ccc3oc(-c4cccc(I)c4)nc3c2)cc1. The summed E-state index contributed by atoms with van der Waals surface area (Å²) in [5.41, 5.74) is 4.06. The second-order valence-electron chi connectivity index (χ2n) is 6.36. The predicted molar refractivity (Wildman–Crippen MR) is 117 cm³/mol. The van der Waals surface area contributed by atoms with Crippen molar-refractivity contribution < 1.29 is 13.9 Å². The number of fused-ring (bicyclic) bond motifs is 1. The van der Waals surface area contributed by atoms with Gasteiger partial charge in [-0.2, -0.15) is 0 Å². The van der Waals surface area contributed by atoms with E-state index in [0.29, 0.717) is 28.4 Å². The Morgan fingerprint density at radius 1 is 1.11 bits per heavy atom. The number of ether oxygens (including phenoxy) is 1. The Kier molecular flexibility index (Phi) is 5.29. The van der Waals surface area contributed by atoms with Crippen molar-refractivity contribution in [2.45, 2.75) is 6.92 Å². The number of aryl methyl sites for hydroxylation is 1. The Morgan fingerprint density at radius 2 is 1.93 bits per heavy atom. The number of hydrogen-bond donors (Lipinski definition) is 1. The van der Waals surface area contributed by atoms with Gasteiger partial charge < -0.3 is 14.5 Å². The quantitative estimate of drug-likeness (QED) is 0.384. The maximum absolute atomic E-state index is 12.2. The molecule has 0 fully saturated rings. The van der Waals surface area contributed by atoms with Gasteiger partial charge in [0.1, 0.15) is 11.3 Å². The topological polar surface area (TPSA) is 64.4 Å². The minimum Gasteiger partial charge on any atom is -0.484 e. The highest BCUT2D eigenvalue weighted by atomic mass is 127. The smallest absolute Gasteiger partial charge is 0.262 e. The predicted octanol–water partition coefficient (Wildman–Crippen LogP) is 5.43. The number of nitrogens with one attached hydrogen (secondary N) is 1. The number of halogens is 1. The van der Waals surface area contributed by atoms with Crippen LogP contribution in [-0.2, 0) is 4.79 Å². The first-order chi connectivity index (χ1) is 13.6. The first-order valence-electron chi connectivity index (χ1n) is 8.73. The van der Waals surface area contributed by atoms with Gasteiger partial charge in [0.2, 0.25) is 5.89 Å². The molecule has 4 rings (SSSR count). The highest BCUT2D eigenvalue weighted by Gasteiger charge is 2.10. The molecule has 0 aliphatic carbocycles. The maximum Gasteiger partial charge on any atom is 0.262 e. The summed E-state index contributed by atoms with van der Waals surface area (Å²) in [5.74, 6) is 0.982. The van der Waals surface area contributed by atoms with E-state index in [1.54, 1.807) is 18.2 Å². The van der Waals surface area contributed by atoms with Crippen molar-refractivity contribution in [3.05, 3.63) is 75.9 Å². The van der Waals surface area contributed by atoms with Crippen molar-refractivity contribution in [3.8, 4) is 17.2 Å². The summed E-state index contributed by atoms with van der Waals surface area (Å²) in [7, 11) is 0. The average molecular weight is 484 g/mol. The van der Waals surface area contributed by atoms with Gasteiger partial charge in [-0.15, -0.1) is 0 Å². The fourth-order valence-corrected chi connectivity index (χ4v) is 3.27. The lowest BCUT2D eigenvalue weighted by Crippen LogP contribution is -2.20. The minimum absolute atomic E-state index is 0.0619. The Morgan fingerprint density at radius 3 is 2.71 bits per heavy atom. The summed E-state index contributed by atoms with van der Waals surface area (Å²) in [6.45, 7) is 1.94. The number of carbonyl (C=O) groups is 1. The van der Waals surface area contributed by atoms with Crippen LogP contribution in [0.1, 0.15) is 5.56 Å². The van der Waals surface area contributed by atoms with Crippen molar-refractivity contribution in [2.24, 2.45) is 0 Å². The van der Waals surface area contributed by atoms with Gasteiger partial charge in [0.15, 0.2) is 12.2 Å². The van der Waals surface area contributed by atoms with E-state index in [1.165, 1.54) is 0 Å². The molecule has 0 aliphatic heterocycles. The molecule has 1 heterocycles. The van der Waals surface area contributed by atoms with E-state index >= 15 is 0 Å². The van der Waals surface area contributed by atoms with Crippen LogP contribution in [-0.4, -0.2) is 17.5 Å². The molecule has 5 nitrogen and oxygen atoms in total. The molecule has 1 amide bonds. The Labute approximate surface area is 175 Å². The molecular weight excluding hydrogens is 467 g/mol. The van der Waals surface area contributed by atoms with Gasteiger partial charge in [-0.3, -0.25) is 4.79 Å². The molecule has 0 saturated heterocycles. The molecule has 1 N–H and O–H groups in total. The van der Waals surface area contributed by atoms with Crippen molar-refractivity contribution in [2.75, 3.05) is 11.9 Å². The van der Waals surface area contributed by atoms with Crippen LogP contribution in [0.25, 0.3) is 22.6 Å². The lowest BCUT2D eigenvalue weighted by atomic mass is 10.2. The van der Waals surface area contributed by atoms with E-state index in [1.807, 2.05) is 55.5 Å². The second kappa shape index (κ2) is 8.02. The summed E-state index contributed by atoms with van der Waals surface area (Å²) in [6.07, 6.45) is 0. The van der Waals surface area contributed by atoms with Crippen molar-refractivity contribution >= 4 is 45.3 Å². The fourth-order valence-electron chi connectivity index (χ4n) is 2.73. The Bertz CT molecular complexity index is 1140. The third kappa shape index (κ3) is 4.33. The summed E-state index contributed by atoms with van der Waals surface area (Å²) >= 11 is 2.25. The summed E-state index contributed by atoms with van der Waals surface area (Å²) in [6, 6.07) is 20.9. The average Bonchev–Trinajstić information content (AvgIpc) is 3.11. The summed E-state index contributed by atoms with van der Waals surface area (Å²) in [4.78, 5) is 16.7. The van der Waals surface area contributed by atoms with Crippen molar-refractivity contribution in [1.29, 1.82) is 0 Å². The van der Waals surface area contributed by atoms with Crippen LogP contribution in [0.15, 0.2) is 71.1 Å². The third-order valence-electron chi connectivity index (χ3n) is 4.13. The van der Waals surface area contributed by atoms with Crippen LogP contribution in [0.5, 0.6) is 5.75 Å². The van der Waals surface area contributed by atoms with Gasteiger partial charge in [-0.25, -0.2) is 4.98 Å². The van der Waals surface area contributed by atoms with E-state index < -0.39 is 0 Å². The number of oxazole rings is 1. The molecule has 3 aromatic carbocycles. The lowest BCUT2D eigenvalue weighted by molar-refractivity contribution is -0.118. The summed E-state index contributed by atoms with van der Waals surface area (Å²) in [5, 5.41) is 2.83. The second-order valence-corrected chi connectivity index (χ2v) is 7.61. The first kappa shape index (κ1) is 18.5. The number of anilines is 1. The van der Waals surface area contributed by atoms with E-state index in [2.05, 4.69) is 32.9 Å². The molecule has 0 saturated carbocycles. The Balaban J connectivity index is 1.45. The molecule has 0 radical (unpaired) electrons. The molecule has 1 aromatic heterocycles. The van der Waals surface area contributed by atoms with E-state index in [9.17, 15) is 4.79 Å². The van der Waals surface area contributed by atoms with Gasteiger partial charge in [-0.1, -0.05) is 23.8 Å².